The van der Waals surface area contributed by atoms with E-state index in [4.69, 9.17) is 0 Å². The third-order valence-electron chi connectivity index (χ3n) is 3.67. The molecule has 1 saturated carbocycles. The molecule has 1 aromatic heterocycles. The lowest BCUT2D eigenvalue weighted by molar-refractivity contribution is 0.398. The molecule has 0 radical (unpaired) electrons. The molecule has 0 saturated heterocycles. The summed E-state index contributed by atoms with van der Waals surface area (Å²) in [7, 11) is 2.01. The van der Waals surface area contributed by atoms with Gasteiger partial charge in [0.1, 0.15) is 0 Å². The summed E-state index contributed by atoms with van der Waals surface area (Å²) in [5, 5.41) is 3.30. The van der Waals surface area contributed by atoms with Crippen molar-refractivity contribution < 1.29 is 0 Å². The van der Waals surface area contributed by atoms with Crippen LogP contribution in [-0.4, -0.2) is 18.6 Å². The minimum Gasteiger partial charge on any atom is -0.316 e. The van der Waals surface area contributed by atoms with Crippen LogP contribution in [0.2, 0.25) is 0 Å². The van der Waals surface area contributed by atoms with Crippen molar-refractivity contribution in [3.8, 4) is 0 Å². The van der Waals surface area contributed by atoms with E-state index in [2.05, 4.69) is 54.3 Å². The first-order valence-corrected chi connectivity index (χ1v) is 8.45. The van der Waals surface area contributed by atoms with Crippen molar-refractivity contribution >= 4 is 37.9 Å². The first kappa shape index (κ1) is 15.2. The molecule has 104 valence electrons. The van der Waals surface area contributed by atoms with Gasteiger partial charge in [0.15, 0.2) is 0 Å². The maximum absolute atomic E-state index is 4.50. The summed E-state index contributed by atoms with van der Waals surface area (Å²) >= 11 is 7.04. The molecule has 1 aliphatic carbocycles. The van der Waals surface area contributed by atoms with E-state index in [-0.39, 0.29) is 0 Å². The van der Waals surface area contributed by atoms with Crippen LogP contribution in [0, 0.1) is 5.92 Å². The second-order valence-corrected chi connectivity index (χ2v) is 6.88. The Bertz CT molecular complexity index is 451. The van der Waals surface area contributed by atoms with E-state index >= 15 is 0 Å². The van der Waals surface area contributed by atoms with Crippen molar-refractivity contribution in [1.29, 1.82) is 0 Å². The van der Waals surface area contributed by atoms with Crippen LogP contribution < -0.4 is 5.32 Å². The highest BCUT2D eigenvalue weighted by Crippen LogP contribution is 2.31. The number of nitrogens with one attached hydrogen (secondary N) is 1. The highest BCUT2D eigenvalue weighted by atomic mass is 79.9. The SMILES string of the molecule is CNCC(=Cc1ncc(Br)cc1Br)C1CCCCC1. The van der Waals surface area contributed by atoms with Crippen LogP contribution in [0.1, 0.15) is 37.8 Å². The molecule has 1 aromatic rings. The van der Waals surface area contributed by atoms with Crippen LogP contribution in [0.25, 0.3) is 6.08 Å². The molecule has 1 aliphatic rings. The molecule has 0 bridgehead atoms. The largest absolute Gasteiger partial charge is 0.316 e. The Hall–Kier alpha value is -0.190. The predicted molar refractivity (Wildman–Crippen MR) is 88.1 cm³/mol. The van der Waals surface area contributed by atoms with Gasteiger partial charge in [0, 0.05) is 21.7 Å². The Labute approximate surface area is 132 Å². The summed E-state index contributed by atoms with van der Waals surface area (Å²) in [5.41, 5.74) is 2.51. The van der Waals surface area contributed by atoms with E-state index in [9.17, 15) is 0 Å². The first-order chi connectivity index (χ1) is 9.20. The fourth-order valence-electron chi connectivity index (χ4n) is 2.70. The van der Waals surface area contributed by atoms with Gasteiger partial charge in [0.25, 0.3) is 0 Å². The molecule has 0 unspecified atom stereocenters. The second kappa shape index (κ2) is 7.55. The average Bonchev–Trinajstić information content (AvgIpc) is 2.42. The van der Waals surface area contributed by atoms with E-state index in [1.807, 2.05) is 13.2 Å². The topological polar surface area (TPSA) is 24.9 Å². The van der Waals surface area contributed by atoms with Crippen LogP contribution in [-0.2, 0) is 0 Å². The number of hydrogen-bond acceptors (Lipinski definition) is 2. The Kier molecular flexibility index (Phi) is 6.05. The van der Waals surface area contributed by atoms with Crippen molar-refractivity contribution in [2.75, 3.05) is 13.6 Å². The fraction of sp³-hybridized carbons (Fsp3) is 0.533. The smallest absolute Gasteiger partial charge is 0.0772 e. The molecule has 19 heavy (non-hydrogen) atoms. The van der Waals surface area contributed by atoms with Gasteiger partial charge in [0.2, 0.25) is 0 Å². The van der Waals surface area contributed by atoms with Crippen molar-refractivity contribution in [2.24, 2.45) is 5.92 Å². The number of likely N-dealkylation sites (N-methyl/N-ethyl adjacent to an activating group) is 1. The summed E-state index contributed by atoms with van der Waals surface area (Å²) in [4.78, 5) is 4.50. The van der Waals surface area contributed by atoms with Gasteiger partial charge in [0.05, 0.1) is 5.69 Å². The van der Waals surface area contributed by atoms with Gasteiger partial charge in [-0.25, -0.2) is 0 Å². The first-order valence-electron chi connectivity index (χ1n) is 6.87. The van der Waals surface area contributed by atoms with Crippen molar-refractivity contribution in [3.05, 3.63) is 32.5 Å². The Balaban J connectivity index is 2.23. The summed E-state index contributed by atoms with van der Waals surface area (Å²) in [6.45, 7) is 0.953. The summed E-state index contributed by atoms with van der Waals surface area (Å²) in [5.74, 6) is 0.721. The third-order valence-corrected chi connectivity index (χ3v) is 4.74. The van der Waals surface area contributed by atoms with Crippen molar-refractivity contribution in [1.82, 2.24) is 10.3 Å². The van der Waals surface area contributed by atoms with E-state index in [1.165, 1.54) is 37.7 Å². The number of nitrogens with zero attached hydrogens (tertiary/aromatic N) is 1. The predicted octanol–water partition coefficient (Wildman–Crippen LogP) is 4.79. The maximum Gasteiger partial charge on any atom is 0.0772 e. The fourth-order valence-corrected chi connectivity index (χ4v) is 3.80. The average molecular weight is 388 g/mol. The molecule has 0 aliphatic heterocycles. The van der Waals surface area contributed by atoms with E-state index in [0.29, 0.717) is 0 Å². The van der Waals surface area contributed by atoms with Gasteiger partial charge in [-0.05, 0) is 69.8 Å². The highest BCUT2D eigenvalue weighted by Gasteiger charge is 2.17. The standard InChI is InChI=1S/C15H20Br2N2/c1-18-9-12(11-5-3-2-4-6-11)7-15-14(17)8-13(16)10-19-15/h7-8,10-11,18H,2-6,9H2,1H3. The molecular weight excluding hydrogens is 368 g/mol. The van der Waals surface area contributed by atoms with Crippen molar-refractivity contribution in [2.45, 2.75) is 32.1 Å². The van der Waals surface area contributed by atoms with Crippen molar-refractivity contribution in [3.63, 3.8) is 0 Å². The lowest BCUT2D eigenvalue weighted by Gasteiger charge is -2.24. The lowest BCUT2D eigenvalue weighted by Crippen LogP contribution is -2.19. The molecule has 0 amide bonds. The van der Waals surface area contributed by atoms with Gasteiger partial charge in [-0.1, -0.05) is 24.8 Å². The molecule has 2 nitrogen and oxygen atoms in total. The van der Waals surface area contributed by atoms with Crippen LogP contribution in [0.5, 0.6) is 0 Å². The zero-order valence-electron chi connectivity index (χ0n) is 11.3. The number of halogens is 2. The summed E-state index contributed by atoms with van der Waals surface area (Å²) in [6.07, 6.45) is 10.9. The normalized spacial score (nSPS) is 17.7. The maximum atomic E-state index is 4.50. The van der Waals surface area contributed by atoms with Gasteiger partial charge < -0.3 is 5.32 Å². The number of rotatable bonds is 4. The highest BCUT2D eigenvalue weighted by molar-refractivity contribution is 9.11. The van der Waals surface area contributed by atoms with E-state index in [0.717, 1.165) is 27.1 Å². The molecule has 1 heterocycles. The number of pyridine rings is 1. The molecule has 0 spiro atoms. The molecule has 1 fully saturated rings. The number of hydrogen-bond donors (Lipinski definition) is 1. The second-order valence-electron chi connectivity index (χ2n) is 5.11. The Morgan fingerprint density at radius 1 is 1.37 bits per heavy atom. The molecule has 0 atom stereocenters. The van der Waals surface area contributed by atoms with Crippen LogP contribution in [0.3, 0.4) is 0 Å². The third kappa shape index (κ3) is 4.40. The van der Waals surface area contributed by atoms with Gasteiger partial charge >= 0.3 is 0 Å². The van der Waals surface area contributed by atoms with Crippen LogP contribution in [0.4, 0.5) is 0 Å². The molecule has 2 rings (SSSR count). The van der Waals surface area contributed by atoms with E-state index in [1.54, 1.807) is 0 Å². The monoisotopic (exact) mass is 386 g/mol. The molecule has 1 N–H and O–H groups in total. The summed E-state index contributed by atoms with van der Waals surface area (Å²) in [6, 6.07) is 2.05. The molecule has 4 heteroatoms. The van der Waals surface area contributed by atoms with Gasteiger partial charge in [-0.2, -0.15) is 0 Å². The minimum absolute atomic E-state index is 0.721. The minimum atomic E-state index is 0.721. The summed E-state index contributed by atoms with van der Waals surface area (Å²) < 4.78 is 2.05. The van der Waals surface area contributed by atoms with Crippen LogP contribution in [0.15, 0.2) is 26.8 Å². The number of aromatic nitrogens is 1. The van der Waals surface area contributed by atoms with E-state index < -0.39 is 0 Å². The molecular formula is C15H20Br2N2. The zero-order valence-corrected chi connectivity index (χ0v) is 14.4. The van der Waals surface area contributed by atoms with Gasteiger partial charge in [-0.3, -0.25) is 4.98 Å². The quantitative estimate of drug-likeness (QED) is 0.803. The molecule has 0 aromatic carbocycles. The Morgan fingerprint density at radius 2 is 2.11 bits per heavy atom. The zero-order chi connectivity index (χ0) is 13.7. The lowest BCUT2D eigenvalue weighted by atomic mass is 9.83. The van der Waals surface area contributed by atoms with Gasteiger partial charge in [-0.15, -0.1) is 0 Å². The Morgan fingerprint density at radius 3 is 2.74 bits per heavy atom. The van der Waals surface area contributed by atoms with Crippen LogP contribution >= 0.6 is 31.9 Å².